The lowest BCUT2D eigenvalue weighted by Gasteiger charge is -2.15. The predicted molar refractivity (Wildman–Crippen MR) is 112 cm³/mol. The number of benzene rings is 2. The summed E-state index contributed by atoms with van der Waals surface area (Å²) >= 11 is 0. The number of nitrogens with one attached hydrogen (secondary N) is 1. The van der Waals surface area contributed by atoms with Gasteiger partial charge in [-0.25, -0.2) is 9.59 Å². The lowest BCUT2D eigenvalue weighted by Crippen LogP contribution is -2.30. The van der Waals surface area contributed by atoms with Crippen molar-refractivity contribution in [2.45, 2.75) is 20.1 Å². The van der Waals surface area contributed by atoms with Crippen molar-refractivity contribution in [1.82, 2.24) is 5.32 Å². The first-order valence-corrected chi connectivity index (χ1v) is 9.49. The summed E-state index contributed by atoms with van der Waals surface area (Å²) in [5, 5.41) is 4.16. The number of methoxy groups -OCH3 is 1. The van der Waals surface area contributed by atoms with E-state index in [2.05, 4.69) is 11.9 Å². The molecule has 30 heavy (non-hydrogen) atoms. The van der Waals surface area contributed by atoms with Gasteiger partial charge in [-0.05, 0) is 26.0 Å². The number of fused-ring (bicyclic) bond motifs is 1. The van der Waals surface area contributed by atoms with Crippen molar-refractivity contribution < 1.29 is 33.3 Å². The van der Waals surface area contributed by atoms with E-state index in [1.165, 1.54) is 0 Å². The highest BCUT2D eigenvalue weighted by Gasteiger charge is 2.12. The number of carbonyl (C=O) groups excluding carboxylic acids is 2. The molecule has 0 aromatic heterocycles. The van der Waals surface area contributed by atoms with E-state index >= 15 is 0 Å². The molecule has 162 valence electrons. The van der Waals surface area contributed by atoms with Crippen LogP contribution < -0.4 is 14.8 Å². The lowest BCUT2D eigenvalue weighted by atomic mass is 10.1. The van der Waals surface area contributed by atoms with Gasteiger partial charge in [-0.3, -0.25) is 0 Å². The van der Waals surface area contributed by atoms with Crippen LogP contribution >= 0.6 is 0 Å². The highest BCUT2D eigenvalue weighted by atomic mass is 16.7. The molecule has 1 unspecified atom stereocenters. The van der Waals surface area contributed by atoms with Gasteiger partial charge >= 0.3 is 12.1 Å². The summed E-state index contributed by atoms with van der Waals surface area (Å²) in [4.78, 5) is 23.3. The number of ether oxygens (including phenoxy) is 5. The fraction of sp³-hybridized carbons (Fsp3) is 0.364. The first-order valence-electron chi connectivity index (χ1n) is 9.49. The summed E-state index contributed by atoms with van der Waals surface area (Å²) in [6.07, 6.45) is -1.01. The molecule has 0 fully saturated rings. The zero-order valence-electron chi connectivity index (χ0n) is 17.4. The van der Waals surface area contributed by atoms with Gasteiger partial charge in [0.25, 0.3) is 0 Å². The van der Waals surface area contributed by atoms with Gasteiger partial charge < -0.3 is 29.0 Å². The van der Waals surface area contributed by atoms with Gasteiger partial charge in [0, 0.05) is 30.0 Å². The standard InChI is InChI=1S/C22H27NO7/c1-15(2)21(24)28-14-13-27-12-11-23-22(25)30-20-10-6-7-17-18(20)8-5-9-19(17)29-16(3)26-4/h5-10,16H,1,11-14H2,2-4H3,(H,23,25). The second kappa shape index (κ2) is 11.8. The van der Waals surface area contributed by atoms with Crippen LogP contribution in [-0.4, -0.2) is 51.8 Å². The maximum Gasteiger partial charge on any atom is 0.412 e. The highest BCUT2D eigenvalue weighted by Crippen LogP contribution is 2.32. The summed E-state index contributed by atoms with van der Waals surface area (Å²) in [6, 6.07) is 10.9. The molecule has 0 radical (unpaired) electrons. The zero-order valence-corrected chi connectivity index (χ0v) is 17.4. The molecule has 1 N–H and O–H groups in total. The summed E-state index contributed by atoms with van der Waals surface area (Å²) in [7, 11) is 1.56. The molecule has 8 nitrogen and oxygen atoms in total. The molecule has 0 aliphatic heterocycles. The molecule has 0 heterocycles. The van der Waals surface area contributed by atoms with Gasteiger partial charge in [-0.2, -0.15) is 0 Å². The van der Waals surface area contributed by atoms with E-state index in [1.807, 2.05) is 24.3 Å². The van der Waals surface area contributed by atoms with Crippen molar-refractivity contribution in [3.8, 4) is 11.5 Å². The Labute approximate surface area is 175 Å². The fourth-order valence-corrected chi connectivity index (χ4v) is 2.45. The van der Waals surface area contributed by atoms with Gasteiger partial charge in [-0.1, -0.05) is 30.8 Å². The van der Waals surface area contributed by atoms with E-state index in [1.54, 1.807) is 33.1 Å². The van der Waals surface area contributed by atoms with Crippen LogP contribution in [0.4, 0.5) is 4.79 Å². The Hall–Kier alpha value is -3.10. The molecule has 0 saturated heterocycles. The van der Waals surface area contributed by atoms with Crippen LogP contribution in [0.1, 0.15) is 13.8 Å². The monoisotopic (exact) mass is 417 g/mol. The molecule has 2 aromatic carbocycles. The van der Waals surface area contributed by atoms with Crippen molar-refractivity contribution in [3.63, 3.8) is 0 Å². The van der Waals surface area contributed by atoms with E-state index in [4.69, 9.17) is 23.7 Å². The van der Waals surface area contributed by atoms with E-state index in [9.17, 15) is 9.59 Å². The van der Waals surface area contributed by atoms with Crippen LogP contribution in [0, 0.1) is 0 Å². The van der Waals surface area contributed by atoms with Gasteiger partial charge in [0.1, 0.15) is 18.1 Å². The Morgan fingerprint density at radius 2 is 1.70 bits per heavy atom. The van der Waals surface area contributed by atoms with E-state index in [0.717, 1.165) is 10.8 Å². The first kappa shape index (κ1) is 23.2. The smallest absolute Gasteiger partial charge is 0.412 e. The predicted octanol–water partition coefficient (Wildman–Crippen LogP) is 3.44. The lowest BCUT2D eigenvalue weighted by molar-refractivity contribution is -0.140. The number of hydrogen-bond acceptors (Lipinski definition) is 7. The quantitative estimate of drug-likeness (QED) is 0.259. The minimum atomic E-state index is -0.601. The summed E-state index contributed by atoms with van der Waals surface area (Å²) < 4.78 is 26.5. The average molecular weight is 417 g/mol. The van der Waals surface area contributed by atoms with Crippen LogP contribution in [0.3, 0.4) is 0 Å². The van der Waals surface area contributed by atoms with Crippen LogP contribution in [-0.2, 0) is 19.0 Å². The minimum absolute atomic E-state index is 0.123. The minimum Gasteiger partial charge on any atom is -0.465 e. The van der Waals surface area contributed by atoms with Gasteiger partial charge in [0.2, 0.25) is 0 Å². The Bertz CT molecular complexity index is 881. The summed E-state index contributed by atoms with van der Waals surface area (Å²) in [6.45, 7) is 7.70. The third kappa shape index (κ3) is 7.06. The second-order valence-corrected chi connectivity index (χ2v) is 6.37. The third-order valence-electron chi connectivity index (χ3n) is 3.99. The average Bonchev–Trinajstić information content (AvgIpc) is 2.73. The van der Waals surface area contributed by atoms with Crippen molar-refractivity contribution in [2.24, 2.45) is 0 Å². The van der Waals surface area contributed by atoms with E-state index < -0.39 is 18.4 Å². The van der Waals surface area contributed by atoms with Crippen molar-refractivity contribution in [3.05, 3.63) is 48.6 Å². The maximum absolute atomic E-state index is 12.1. The third-order valence-corrected chi connectivity index (χ3v) is 3.99. The number of hydrogen-bond donors (Lipinski definition) is 1. The molecular formula is C22H27NO7. The van der Waals surface area contributed by atoms with Crippen LogP contribution in [0.5, 0.6) is 11.5 Å². The highest BCUT2D eigenvalue weighted by molar-refractivity contribution is 5.94. The fourth-order valence-electron chi connectivity index (χ4n) is 2.45. The molecule has 2 rings (SSSR count). The van der Waals surface area contributed by atoms with Crippen LogP contribution in [0.15, 0.2) is 48.6 Å². The molecule has 0 aliphatic carbocycles. The van der Waals surface area contributed by atoms with E-state index in [0.29, 0.717) is 17.1 Å². The molecule has 0 spiro atoms. The van der Waals surface area contributed by atoms with Crippen LogP contribution in [0.25, 0.3) is 10.8 Å². The molecule has 2 aromatic rings. The second-order valence-electron chi connectivity index (χ2n) is 6.37. The Balaban J connectivity index is 1.82. The normalized spacial score (nSPS) is 11.6. The summed E-state index contributed by atoms with van der Waals surface area (Å²) in [5.74, 6) is 0.585. The summed E-state index contributed by atoms with van der Waals surface area (Å²) in [5.41, 5.74) is 0.333. The molecule has 1 amide bonds. The van der Waals surface area contributed by atoms with Gasteiger partial charge in [0.15, 0.2) is 6.29 Å². The topological polar surface area (TPSA) is 92.3 Å². The number of rotatable bonds is 11. The molecular weight excluding hydrogens is 390 g/mol. The van der Waals surface area contributed by atoms with Crippen molar-refractivity contribution >= 4 is 22.8 Å². The van der Waals surface area contributed by atoms with Gasteiger partial charge in [-0.15, -0.1) is 0 Å². The van der Waals surface area contributed by atoms with Gasteiger partial charge in [0.05, 0.1) is 13.2 Å². The number of amides is 1. The van der Waals surface area contributed by atoms with Crippen LogP contribution in [0.2, 0.25) is 0 Å². The molecule has 0 aliphatic rings. The Morgan fingerprint density at radius 1 is 1.03 bits per heavy atom. The largest absolute Gasteiger partial charge is 0.465 e. The molecule has 8 heteroatoms. The number of esters is 1. The maximum atomic E-state index is 12.1. The molecule has 0 bridgehead atoms. The first-order chi connectivity index (χ1) is 14.4. The van der Waals surface area contributed by atoms with E-state index in [-0.39, 0.29) is 26.4 Å². The van der Waals surface area contributed by atoms with Crippen molar-refractivity contribution in [1.29, 1.82) is 0 Å². The Morgan fingerprint density at radius 3 is 2.37 bits per heavy atom. The zero-order chi connectivity index (χ0) is 21.9. The number of carbonyl (C=O) groups is 2. The Kier molecular flexibility index (Phi) is 9.11. The molecule has 1 atom stereocenters. The van der Waals surface area contributed by atoms with Crippen molar-refractivity contribution in [2.75, 3.05) is 33.5 Å². The SMILES string of the molecule is C=C(C)C(=O)OCCOCCNC(=O)Oc1cccc2c(OC(C)OC)cccc12. The molecule has 0 saturated carbocycles.